The van der Waals surface area contributed by atoms with Gasteiger partial charge in [-0.3, -0.25) is 9.59 Å². The standard InChI is InChI=1S/C10H19ClN2O3/c1-16-8-4-10(15)13-7-6-12-9(14)3-2-5-11/h2-8H2,1H3,(H,12,14)(H,13,15). The van der Waals surface area contributed by atoms with Crippen molar-refractivity contribution in [1.82, 2.24) is 10.6 Å². The van der Waals surface area contributed by atoms with Gasteiger partial charge in [0.25, 0.3) is 0 Å². The van der Waals surface area contributed by atoms with E-state index in [-0.39, 0.29) is 11.8 Å². The van der Waals surface area contributed by atoms with Crippen molar-refractivity contribution in [3.8, 4) is 0 Å². The number of methoxy groups -OCH3 is 1. The maximum Gasteiger partial charge on any atom is 0.222 e. The summed E-state index contributed by atoms with van der Waals surface area (Å²) >= 11 is 5.45. The van der Waals surface area contributed by atoms with Crippen molar-refractivity contribution in [3.05, 3.63) is 0 Å². The van der Waals surface area contributed by atoms with Crippen molar-refractivity contribution in [2.45, 2.75) is 19.3 Å². The van der Waals surface area contributed by atoms with Gasteiger partial charge in [-0.05, 0) is 6.42 Å². The molecule has 6 heteroatoms. The number of ether oxygens (including phenoxy) is 1. The van der Waals surface area contributed by atoms with Gasteiger partial charge < -0.3 is 15.4 Å². The molecule has 0 rings (SSSR count). The Kier molecular flexibility index (Phi) is 10.2. The molecule has 0 radical (unpaired) electrons. The molecule has 0 spiro atoms. The number of hydrogen-bond acceptors (Lipinski definition) is 3. The van der Waals surface area contributed by atoms with Gasteiger partial charge in [-0.25, -0.2) is 0 Å². The normalized spacial score (nSPS) is 9.88. The minimum absolute atomic E-state index is 0.0354. The zero-order chi connectivity index (χ0) is 12.2. The van der Waals surface area contributed by atoms with Crippen LogP contribution in [0.15, 0.2) is 0 Å². The molecule has 2 N–H and O–H groups in total. The number of carbonyl (C=O) groups excluding carboxylic acids is 2. The van der Waals surface area contributed by atoms with Gasteiger partial charge in [0, 0.05) is 38.9 Å². The van der Waals surface area contributed by atoms with Crippen LogP contribution in [-0.2, 0) is 14.3 Å². The SMILES string of the molecule is COCCC(=O)NCCNC(=O)CCCCl. The van der Waals surface area contributed by atoms with Gasteiger partial charge in [0.15, 0.2) is 0 Å². The zero-order valence-electron chi connectivity index (χ0n) is 9.55. The average Bonchev–Trinajstić information content (AvgIpc) is 2.29. The number of nitrogens with one attached hydrogen (secondary N) is 2. The van der Waals surface area contributed by atoms with E-state index in [1.165, 1.54) is 0 Å². The summed E-state index contributed by atoms with van der Waals surface area (Å²) in [6.07, 6.45) is 1.45. The van der Waals surface area contributed by atoms with Crippen molar-refractivity contribution in [1.29, 1.82) is 0 Å². The monoisotopic (exact) mass is 250 g/mol. The van der Waals surface area contributed by atoms with E-state index in [4.69, 9.17) is 16.3 Å². The summed E-state index contributed by atoms with van der Waals surface area (Å²) in [5.41, 5.74) is 0. The first kappa shape index (κ1) is 15.2. The van der Waals surface area contributed by atoms with Gasteiger partial charge >= 0.3 is 0 Å². The number of alkyl halides is 1. The van der Waals surface area contributed by atoms with Crippen LogP contribution in [-0.4, -0.2) is 44.5 Å². The minimum Gasteiger partial charge on any atom is -0.384 e. The van der Waals surface area contributed by atoms with E-state index >= 15 is 0 Å². The van der Waals surface area contributed by atoms with E-state index in [1.807, 2.05) is 0 Å². The van der Waals surface area contributed by atoms with Crippen LogP contribution in [0.4, 0.5) is 0 Å². The summed E-state index contributed by atoms with van der Waals surface area (Å²) in [7, 11) is 1.55. The third-order valence-electron chi connectivity index (χ3n) is 1.84. The lowest BCUT2D eigenvalue weighted by molar-refractivity contribution is -0.123. The van der Waals surface area contributed by atoms with Crippen molar-refractivity contribution in [2.75, 3.05) is 32.7 Å². The fourth-order valence-corrected chi connectivity index (χ4v) is 1.14. The Morgan fingerprint density at radius 1 is 1.12 bits per heavy atom. The van der Waals surface area contributed by atoms with E-state index < -0.39 is 0 Å². The molecule has 0 aliphatic carbocycles. The number of carbonyl (C=O) groups is 2. The van der Waals surface area contributed by atoms with Crippen molar-refractivity contribution in [3.63, 3.8) is 0 Å². The quantitative estimate of drug-likeness (QED) is 0.456. The molecule has 0 aliphatic heterocycles. The molecule has 0 heterocycles. The van der Waals surface area contributed by atoms with Crippen LogP contribution in [0, 0.1) is 0 Å². The smallest absolute Gasteiger partial charge is 0.222 e. The second-order valence-electron chi connectivity index (χ2n) is 3.24. The Morgan fingerprint density at radius 3 is 2.19 bits per heavy atom. The molecule has 2 amide bonds. The third kappa shape index (κ3) is 9.73. The first-order valence-electron chi connectivity index (χ1n) is 5.29. The summed E-state index contributed by atoms with van der Waals surface area (Å²) < 4.78 is 4.76. The van der Waals surface area contributed by atoms with Crippen LogP contribution in [0.2, 0.25) is 0 Å². The van der Waals surface area contributed by atoms with Gasteiger partial charge in [-0.1, -0.05) is 0 Å². The maximum atomic E-state index is 11.1. The molecule has 0 aromatic rings. The predicted octanol–water partition coefficient (Wildman–Crippen LogP) is 0.274. The molecule has 94 valence electrons. The van der Waals surface area contributed by atoms with Gasteiger partial charge in [-0.2, -0.15) is 0 Å². The Balaban J connectivity index is 3.31. The lowest BCUT2D eigenvalue weighted by Crippen LogP contribution is -2.34. The molecule has 0 saturated carbocycles. The number of halogens is 1. The number of hydrogen-bond donors (Lipinski definition) is 2. The van der Waals surface area contributed by atoms with E-state index in [2.05, 4.69) is 10.6 Å². The zero-order valence-corrected chi connectivity index (χ0v) is 10.3. The van der Waals surface area contributed by atoms with E-state index in [1.54, 1.807) is 7.11 Å². The fraction of sp³-hybridized carbons (Fsp3) is 0.800. The largest absolute Gasteiger partial charge is 0.384 e. The average molecular weight is 251 g/mol. The van der Waals surface area contributed by atoms with E-state index in [0.29, 0.717) is 44.8 Å². The highest BCUT2D eigenvalue weighted by atomic mass is 35.5. The summed E-state index contributed by atoms with van der Waals surface area (Å²) in [4.78, 5) is 22.2. The number of rotatable bonds is 9. The molecule has 0 saturated heterocycles. The molecule has 0 atom stereocenters. The molecule has 0 bridgehead atoms. The highest BCUT2D eigenvalue weighted by molar-refractivity contribution is 6.17. The molecule has 0 aliphatic rings. The van der Waals surface area contributed by atoms with Crippen LogP contribution in [0.3, 0.4) is 0 Å². The van der Waals surface area contributed by atoms with Gasteiger partial charge in [0.05, 0.1) is 6.61 Å². The molecular formula is C10H19ClN2O3. The summed E-state index contributed by atoms with van der Waals surface area (Å²) in [6, 6.07) is 0. The first-order chi connectivity index (χ1) is 7.70. The highest BCUT2D eigenvalue weighted by Crippen LogP contribution is 1.90. The van der Waals surface area contributed by atoms with E-state index in [0.717, 1.165) is 0 Å². The third-order valence-corrected chi connectivity index (χ3v) is 2.11. The molecule has 5 nitrogen and oxygen atoms in total. The molecule has 0 fully saturated rings. The molecule has 0 unspecified atom stereocenters. The van der Waals surface area contributed by atoms with Crippen molar-refractivity contribution >= 4 is 23.4 Å². The maximum absolute atomic E-state index is 11.1. The second-order valence-corrected chi connectivity index (χ2v) is 3.61. The summed E-state index contributed by atoms with van der Waals surface area (Å²) in [5, 5.41) is 5.35. The molecular weight excluding hydrogens is 232 g/mol. The summed E-state index contributed by atoms with van der Waals surface area (Å²) in [5.74, 6) is 0.380. The Morgan fingerprint density at radius 2 is 1.69 bits per heavy atom. The van der Waals surface area contributed by atoms with Gasteiger partial charge in [0.1, 0.15) is 0 Å². The Hall–Kier alpha value is -0.810. The second kappa shape index (κ2) is 10.7. The van der Waals surface area contributed by atoms with E-state index in [9.17, 15) is 9.59 Å². The van der Waals surface area contributed by atoms with Crippen molar-refractivity contribution in [2.24, 2.45) is 0 Å². The topological polar surface area (TPSA) is 67.4 Å². The minimum atomic E-state index is -0.0724. The lowest BCUT2D eigenvalue weighted by Gasteiger charge is -2.06. The van der Waals surface area contributed by atoms with Crippen LogP contribution < -0.4 is 10.6 Å². The van der Waals surface area contributed by atoms with Crippen molar-refractivity contribution < 1.29 is 14.3 Å². The lowest BCUT2D eigenvalue weighted by atomic mass is 10.3. The van der Waals surface area contributed by atoms with Gasteiger partial charge in [0.2, 0.25) is 11.8 Å². The van der Waals surface area contributed by atoms with Crippen LogP contribution >= 0.6 is 11.6 Å². The van der Waals surface area contributed by atoms with Crippen LogP contribution in [0.25, 0.3) is 0 Å². The predicted molar refractivity (Wildman–Crippen MR) is 62.5 cm³/mol. The summed E-state index contributed by atoms with van der Waals surface area (Å²) in [6.45, 7) is 1.29. The first-order valence-corrected chi connectivity index (χ1v) is 5.82. The van der Waals surface area contributed by atoms with Gasteiger partial charge in [-0.15, -0.1) is 11.6 Å². The van der Waals surface area contributed by atoms with Crippen LogP contribution in [0.1, 0.15) is 19.3 Å². The highest BCUT2D eigenvalue weighted by Gasteiger charge is 2.01. The number of amides is 2. The van der Waals surface area contributed by atoms with Crippen LogP contribution in [0.5, 0.6) is 0 Å². The molecule has 0 aromatic heterocycles. The Labute approximate surface area is 101 Å². The fourth-order valence-electron chi connectivity index (χ4n) is 1.00. The molecule has 0 aromatic carbocycles. The molecule has 16 heavy (non-hydrogen) atoms. The Bertz CT molecular complexity index is 190.